The van der Waals surface area contributed by atoms with Crippen LogP contribution >= 0.6 is 0 Å². The molecular weight excluding hydrogens is 771 g/mol. The van der Waals surface area contributed by atoms with Crippen LogP contribution in [0.25, 0.3) is 33.1 Å². The number of carbonyl (C=O) groups is 3. The molecule has 6 aromatic rings. The van der Waals surface area contributed by atoms with Gasteiger partial charge in [0.25, 0.3) is 12.3 Å². The molecule has 4 aromatic carbocycles. The van der Waals surface area contributed by atoms with Crippen LogP contribution < -0.4 is 14.8 Å². The summed E-state index contributed by atoms with van der Waals surface area (Å²) < 4.78 is 42.5. The van der Waals surface area contributed by atoms with Crippen molar-refractivity contribution in [1.82, 2.24) is 29.5 Å². The zero-order valence-corrected chi connectivity index (χ0v) is 33.7. The number of hydrogen-bond acceptors (Lipinski definition) is 8. The number of fused-ring (bicyclic) bond motifs is 2. The normalized spacial score (nSPS) is 16.2. The van der Waals surface area contributed by atoms with Crippen LogP contribution in [0, 0.1) is 6.92 Å². The second-order valence-corrected chi connectivity index (χ2v) is 15.6. The molecule has 0 aliphatic carbocycles. The number of nitrogens with one attached hydrogen (secondary N) is 1. The Morgan fingerprint density at radius 1 is 0.933 bits per heavy atom. The van der Waals surface area contributed by atoms with Gasteiger partial charge in [0.05, 0.1) is 23.9 Å². The predicted molar refractivity (Wildman–Crippen MR) is 223 cm³/mol. The van der Waals surface area contributed by atoms with Gasteiger partial charge in [-0.05, 0) is 85.8 Å². The number of phenols is 1. The van der Waals surface area contributed by atoms with Crippen molar-refractivity contribution in [3.05, 3.63) is 107 Å². The molecule has 12 nitrogen and oxygen atoms in total. The van der Waals surface area contributed by atoms with E-state index >= 15 is 0 Å². The summed E-state index contributed by atoms with van der Waals surface area (Å²) >= 11 is 0. The number of aryl methyl sites for hydroxylation is 2. The fraction of sp³-hybridized carbons (Fsp3) is 0.348. The van der Waals surface area contributed by atoms with Gasteiger partial charge < -0.3 is 24.0 Å². The molecule has 0 bridgehead atoms. The van der Waals surface area contributed by atoms with Crippen LogP contribution in [0.15, 0.2) is 84.9 Å². The third kappa shape index (κ3) is 8.55. The number of nitrogens with zero attached hydrogens (tertiary/aromatic N) is 5. The second-order valence-electron chi connectivity index (χ2n) is 15.6. The molecule has 312 valence electrons. The fourth-order valence-corrected chi connectivity index (χ4v) is 8.44. The first-order valence-electron chi connectivity index (χ1n) is 20.4. The first-order chi connectivity index (χ1) is 29.0. The predicted octanol–water partition coefficient (Wildman–Crippen LogP) is 7.10. The lowest BCUT2D eigenvalue weighted by molar-refractivity contribution is -0.135. The Kier molecular flexibility index (Phi) is 11.8. The number of carbonyl (C=O) groups excluding carboxylic acids is 3. The van der Waals surface area contributed by atoms with E-state index < -0.39 is 12.3 Å². The maximum atomic E-state index is 13.3. The van der Waals surface area contributed by atoms with E-state index in [9.17, 15) is 28.3 Å². The smallest absolute Gasteiger partial charge is 0.263 e. The van der Waals surface area contributed by atoms with Gasteiger partial charge in [0.2, 0.25) is 11.8 Å². The van der Waals surface area contributed by atoms with Gasteiger partial charge in [0.15, 0.2) is 6.61 Å². The molecule has 0 spiro atoms. The van der Waals surface area contributed by atoms with Crippen molar-refractivity contribution < 1.29 is 37.7 Å². The van der Waals surface area contributed by atoms with E-state index in [0.29, 0.717) is 49.6 Å². The van der Waals surface area contributed by atoms with Crippen molar-refractivity contribution in [2.45, 2.75) is 51.5 Å². The molecule has 1 unspecified atom stereocenters. The number of piperazine rings is 1. The zero-order chi connectivity index (χ0) is 41.9. The molecule has 4 heterocycles. The van der Waals surface area contributed by atoms with Crippen molar-refractivity contribution in [3.8, 4) is 28.5 Å². The largest absolute Gasteiger partial charge is 0.508 e. The highest BCUT2D eigenvalue weighted by molar-refractivity contribution is 6.03. The minimum absolute atomic E-state index is 0.0228. The topological polar surface area (TPSA) is 131 Å². The minimum Gasteiger partial charge on any atom is -0.508 e. The zero-order valence-electron chi connectivity index (χ0n) is 33.7. The number of unbranched alkanes of at least 4 members (excludes halogenated alkanes) is 1. The Hall–Kier alpha value is -6.28. The van der Waals surface area contributed by atoms with Gasteiger partial charge in [-0.15, -0.1) is 0 Å². The molecule has 2 aliphatic rings. The number of rotatable bonds is 14. The number of ether oxygens (including phenoxy) is 2. The van der Waals surface area contributed by atoms with Crippen LogP contribution in [0.5, 0.6) is 17.2 Å². The number of aromatic nitrogens is 3. The summed E-state index contributed by atoms with van der Waals surface area (Å²) in [6.45, 7) is 6.71. The monoisotopic (exact) mass is 818 g/mol. The molecule has 2 saturated heterocycles. The van der Waals surface area contributed by atoms with Crippen molar-refractivity contribution in [1.29, 1.82) is 0 Å². The second kappa shape index (κ2) is 17.5. The number of benzene rings is 4. The van der Waals surface area contributed by atoms with Crippen molar-refractivity contribution in [3.63, 3.8) is 0 Å². The summed E-state index contributed by atoms with van der Waals surface area (Å²) in [4.78, 5) is 41.6. The van der Waals surface area contributed by atoms with E-state index in [2.05, 4.69) is 19.9 Å². The van der Waals surface area contributed by atoms with E-state index in [1.165, 1.54) is 12.1 Å². The Morgan fingerprint density at radius 3 is 2.43 bits per heavy atom. The van der Waals surface area contributed by atoms with Crippen LogP contribution in [0.1, 0.15) is 60.4 Å². The summed E-state index contributed by atoms with van der Waals surface area (Å²) in [7, 11) is 1.78. The number of imide groups is 1. The number of piperidine rings is 1. The Bertz CT molecular complexity index is 2530. The maximum absolute atomic E-state index is 13.3. The average Bonchev–Trinajstić information content (AvgIpc) is 3.72. The molecule has 0 saturated carbocycles. The van der Waals surface area contributed by atoms with Gasteiger partial charge in [-0.1, -0.05) is 48.5 Å². The molecule has 0 radical (unpaired) electrons. The number of phenolic OH excluding ortho intramolecular Hbond substituents is 1. The number of para-hydroxylation sites is 1. The molecule has 14 heteroatoms. The van der Waals surface area contributed by atoms with Gasteiger partial charge in [-0.2, -0.15) is 5.10 Å². The number of aromatic hydroxyl groups is 1. The van der Waals surface area contributed by atoms with Crippen LogP contribution in [-0.4, -0.2) is 92.9 Å². The summed E-state index contributed by atoms with van der Waals surface area (Å²) in [5.74, 6) is 0.237. The van der Waals surface area contributed by atoms with Crippen molar-refractivity contribution >= 4 is 39.5 Å². The lowest BCUT2D eigenvalue weighted by Gasteiger charge is -2.34. The fourth-order valence-electron chi connectivity index (χ4n) is 8.44. The summed E-state index contributed by atoms with van der Waals surface area (Å²) in [5.41, 5.74) is 5.98. The number of halogens is 2. The molecule has 2 aromatic heterocycles. The van der Waals surface area contributed by atoms with Crippen LogP contribution in [-0.2, 0) is 28.0 Å². The van der Waals surface area contributed by atoms with E-state index in [-0.39, 0.29) is 42.1 Å². The molecule has 1 atom stereocenters. The first kappa shape index (κ1) is 40.5. The van der Waals surface area contributed by atoms with Crippen molar-refractivity contribution in [2.75, 3.05) is 45.9 Å². The van der Waals surface area contributed by atoms with Gasteiger partial charge in [-0.25, -0.2) is 8.78 Å². The van der Waals surface area contributed by atoms with Gasteiger partial charge >= 0.3 is 0 Å². The molecule has 2 fully saturated rings. The number of amides is 3. The average molecular weight is 819 g/mol. The van der Waals surface area contributed by atoms with Crippen LogP contribution in [0.3, 0.4) is 0 Å². The summed E-state index contributed by atoms with van der Waals surface area (Å²) in [6.07, 6.45) is -0.0312. The summed E-state index contributed by atoms with van der Waals surface area (Å²) in [6, 6.07) is 25.2. The first-order valence-corrected chi connectivity index (χ1v) is 20.4. The molecule has 60 heavy (non-hydrogen) atoms. The number of alkyl halides is 2. The highest BCUT2D eigenvalue weighted by Crippen LogP contribution is 2.37. The third-order valence-electron chi connectivity index (χ3n) is 11.6. The Labute approximate surface area is 346 Å². The third-order valence-corrected chi connectivity index (χ3v) is 11.6. The van der Waals surface area contributed by atoms with Gasteiger partial charge in [0.1, 0.15) is 22.8 Å². The minimum atomic E-state index is -2.54. The summed E-state index contributed by atoms with van der Waals surface area (Å²) in [5, 5.41) is 18.9. The van der Waals surface area contributed by atoms with E-state index in [0.717, 1.165) is 76.9 Å². The Morgan fingerprint density at radius 2 is 1.70 bits per heavy atom. The van der Waals surface area contributed by atoms with E-state index in [1.807, 2.05) is 54.3 Å². The highest BCUT2D eigenvalue weighted by atomic mass is 19.3. The van der Waals surface area contributed by atoms with Gasteiger partial charge in [0, 0.05) is 68.0 Å². The highest BCUT2D eigenvalue weighted by Gasteiger charge is 2.32. The lowest BCUT2D eigenvalue weighted by Crippen LogP contribution is -2.50. The van der Waals surface area contributed by atoms with E-state index in [4.69, 9.17) is 9.47 Å². The lowest BCUT2D eigenvalue weighted by atomic mass is 9.93. The Balaban J connectivity index is 0.783. The standard InChI is InChI=1S/C46H48F2N6O6/c1-29-37-26-33(55)14-18-38(37)54(43(29)31-10-12-32(13-11-31)45(47)48)27-30-8-15-34(16-9-30)59-25-4-3-20-52-21-23-53(24-22-52)41(57)28-60-39-7-5-6-35-42(50-51(2)44(35)39)36-17-19-40(56)49-46(36)58/h5-16,18,26,36,45,55H,3-4,17,19-25,27-28H2,1-2H3,(H,49,56,58). The molecule has 3 amide bonds. The molecule has 8 rings (SSSR count). The molecule has 2 N–H and O–H groups in total. The molecular formula is C46H48F2N6O6. The number of hydrogen-bond donors (Lipinski definition) is 2. The maximum Gasteiger partial charge on any atom is 0.263 e. The van der Waals surface area contributed by atoms with Crippen molar-refractivity contribution in [2.24, 2.45) is 7.05 Å². The van der Waals surface area contributed by atoms with E-state index in [1.54, 1.807) is 42.1 Å². The van der Waals surface area contributed by atoms with Crippen LogP contribution in [0.4, 0.5) is 8.78 Å². The quantitative estimate of drug-likeness (QED) is 0.0880. The molecule has 2 aliphatic heterocycles. The van der Waals surface area contributed by atoms with Gasteiger partial charge in [-0.3, -0.25) is 29.3 Å². The SMILES string of the molecule is Cc1c(-c2ccc(C(F)F)cc2)n(Cc2ccc(OCCCCN3CCN(C(=O)COc4cccc5c(C6CCC(=O)NC6=O)nn(C)c45)CC3)cc2)c2ccc(O)cc12. The van der Waals surface area contributed by atoms with Crippen LogP contribution in [0.2, 0.25) is 0 Å².